The number of rotatable bonds is 12. The molecular weight excluding hydrogens is 512 g/mol. The number of nitrogens with zero attached hydrogens (tertiary/aromatic N) is 4. The second kappa shape index (κ2) is 12.7. The predicted octanol–water partition coefficient (Wildman–Crippen LogP) is 3.73. The molecule has 0 spiro atoms. The number of esters is 2. The maximum atomic E-state index is 12.6. The molecular formula is C30H36N4O6. The first-order valence-electron chi connectivity index (χ1n) is 12.9. The fourth-order valence-corrected chi connectivity index (χ4v) is 4.36. The van der Waals surface area contributed by atoms with Crippen molar-refractivity contribution in [2.75, 3.05) is 42.4 Å². The van der Waals surface area contributed by atoms with Gasteiger partial charge in [0.15, 0.2) is 12.5 Å². The number of aromatic nitrogens is 2. The van der Waals surface area contributed by atoms with Crippen LogP contribution in [0.3, 0.4) is 0 Å². The third kappa shape index (κ3) is 6.83. The fraction of sp³-hybridized carbons (Fsp3) is 0.333. The van der Waals surface area contributed by atoms with E-state index in [1.165, 1.54) is 0 Å². The highest BCUT2D eigenvalue weighted by Gasteiger charge is 2.20. The van der Waals surface area contributed by atoms with Crippen LogP contribution in [0.25, 0.3) is 21.8 Å². The van der Waals surface area contributed by atoms with Crippen molar-refractivity contribution in [3.63, 3.8) is 0 Å². The first-order valence-corrected chi connectivity index (χ1v) is 12.9. The molecule has 2 heterocycles. The minimum absolute atomic E-state index is 0.409. The summed E-state index contributed by atoms with van der Waals surface area (Å²) in [6.07, 6.45) is 4.96. The monoisotopic (exact) mass is 548 g/mol. The highest BCUT2D eigenvalue weighted by molar-refractivity contribution is 5.91. The topological polar surface area (TPSA) is 87.4 Å². The Balaban J connectivity index is 1.36. The molecule has 0 radical (unpaired) electrons. The Morgan fingerprint density at radius 2 is 1.10 bits per heavy atom. The summed E-state index contributed by atoms with van der Waals surface area (Å²) in [7, 11) is 10.6. The van der Waals surface area contributed by atoms with E-state index >= 15 is 0 Å². The van der Waals surface area contributed by atoms with Crippen LogP contribution in [0.2, 0.25) is 0 Å². The van der Waals surface area contributed by atoms with Gasteiger partial charge in [-0.05, 0) is 76.7 Å². The molecule has 4 rings (SSSR count). The standard InChI is InChI=1S/C30H36N4O6/c1-31(2)27(19-33-15-13-21-17-23(37-5)7-9-25(21)33)39-29(35)11-12-30(36)40-28(32(3)4)20-34-16-14-22-18-24(38-6)8-10-26(22)34/h7-18,27-28H,19-20H2,1-6H3/b12-11+. The molecule has 2 aromatic heterocycles. The van der Waals surface area contributed by atoms with Crippen molar-refractivity contribution in [1.82, 2.24) is 18.9 Å². The van der Waals surface area contributed by atoms with E-state index < -0.39 is 24.4 Å². The molecule has 0 saturated heterocycles. The van der Waals surface area contributed by atoms with Crippen LogP contribution < -0.4 is 9.47 Å². The summed E-state index contributed by atoms with van der Waals surface area (Å²) in [4.78, 5) is 28.8. The van der Waals surface area contributed by atoms with E-state index in [1.54, 1.807) is 24.0 Å². The molecule has 0 saturated carbocycles. The van der Waals surface area contributed by atoms with Crippen molar-refractivity contribution in [2.24, 2.45) is 0 Å². The summed E-state index contributed by atoms with van der Waals surface area (Å²) in [6, 6.07) is 15.6. The largest absolute Gasteiger partial charge is 0.497 e. The number of carbonyl (C=O) groups excluding carboxylic acids is 2. The van der Waals surface area contributed by atoms with E-state index in [0.717, 1.165) is 45.5 Å². The molecule has 212 valence electrons. The van der Waals surface area contributed by atoms with E-state index in [1.807, 2.05) is 98.2 Å². The van der Waals surface area contributed by atoms with Crippen LogP contribution in [0, 0.1) is 0 Å². The maximum Gasteiger partial charge on any atom is 0.332 e. The SMILES string of the molecule is COc1ccc2c(ccn2CC(OC(=O)/C=C/C(=O)OC(Cn2ccc3cc(OC)ccc32)N(C)C)N(C)C)c1. The lowest BCUT2D eigenvalue weighted by molar-refractivity contribution is -0.154. The summed E-state index contributed by atoms with van der Waals surface area (Å²) in [5, 5.41) is 2.04. The fourth-order valence-electron chi connectivity index (χ4n) is 4.36. The number of carbonyl (C=O) groups is 2. The molecule has 0 N–H and O–H groups in total. The number of benzene rings is 2. The zero-order chi connectivity index (χ0) is 28.8. The Kier molecular flexibility index (Phi) is 9.13. The second-order valence-electron chi connectivity index (χ2n) is 9.83. The lowest BCUT2D eigenvalue weighted by Gasteiger charge is -2.25. The van der Waals surface area contributed by atoms with Crippen molar-refractivity contribution in [3.8, 4) is 11.5 Å². The molecule has 2 unspecified atom stereocenters. The first-order chi connectivity index (χ1) is 19.2. The van der Waals surface area contributed by atoms with Gasteiger partial charge >= 0.3 is 11.9 Å². The van der Waals surface area contributed by atoms with Crippen molar-refractivity contribution in [2.45, 2.75) is 25.5 Å². The van der Waals surface area contributed by atoms with Crippen LogP contribution in [0.15, 0.2) is 73.1 Å². The van der Waals surface area contributed by atoms with Gasteiger partial charge in [0.05, 0.1) is 27.3 Å². The average Bonchev–Trinajstić information content (AvgIpc) is 3.53. The molecule has 2 aromatic carbocycles. The van der Waals surface area contributed by atoms with Gasteiger partial charge in [-0.1, -0.05) is 0 Å². The Morgan fingerprint density at radius 1 is 0.700 bits per heavy atom. The van der Waals surface area contributed by atoms with Gasteiger partial charge in [0.2, 0.25) is 0 Å². The van der Waals surface area contributed by atoms with Gasteiger partial charge in [0.1, 0.15) is 11.5 Å². The smallest absolute Gasteiger partial charge is 0.332 e. The summed E-state index contributed by atoms with van der Waals surface area (Å²) < 4.78 is 25.9. The van der Waals surface area contributed by atoms with Gasteiger partial charge < -0.3 is 28.1 Å². The third-order valence-electron chi connectivity index (χ3n) is 6.67. The van der Waals surface area contributed by atoms with E-state index in [4.69, 9.17) is 18.9 Å². The Bertz CT molecular complexity index is 1390. The molecule has 0 bridgehead atoms. The number of methoxy groups -OCH3 is 2. The number of fused-ring (bicyclic) bond motifs is 2. The molecule has 4 aromatic rings. The summed E-state index contributed by atoms with van der Waals surface area (Å²) in [5.74, 6) is 0.273. The maximum absolute atomic E-state index is 12.6. The Labute approximate surface area is 233 Å². The molecule has 2 atom stereocenters. The number of likely N-dealkylation sites (N-methyl/N-ethyl adjacent to an activating group) is 2. The number of ether oxygens (including phenoxy) is 4. The molecule has 0 aliphatic rings. The lowest BCUT2D eigenvalue weighted by Crippen LogP contribution is -2.36. The van der Waals surface area contributed by atoms with E-state index in [2.05, 4.69) is 0 Å². The molecule has 0 aliphatic heterocycles. The first kappa shape index (κ1) is 28.7. The van der Waals surface area contributed by atoms with Gasteiger partial charge in [-0.3, -0.25) is 9.80 Å². The zero-order valence-electron chi connectivity index (χ0n) is 23.7. The predicted molar refractivity (Wildman–Crippen MR) is 153 cm³/mol. The highest BCUT2D eigenvalue weighted by atomic mass is 16.6. The minimum atomic E-state index is -0.638. The van der Waals surface area contributed by atoms with Crippen LogP contribution in [-0.4, -0.2) is 85.7 Å². The normalized spacial score (nSPS) is 13.3. The van der Waals surface area contributed by atoms with Crippen LogP contribution in [0.1, 0.15) is 0 Å². The second-order valence-corrected chi connectivity index (χ2v) is 9.83. The average molecular weight is 549 g/mol. The summed E-state index contributed by atoms with van der Waals surface area (Å²) in [5.41, 5.74) is 1.99. The van der Waals surface area contributed by atoms with E-state index in [-0.39, 0.29) is 0 Å². The lowest BCUT2D eigenvalue weighted by atomic mass is 10.2. The van der Waals surface area contributed by atoms with Crippen LogP contribution >= 0.6 is 0 Å². The third-order valence-corrected chi connectivity index (χ3v) is 6.67. The highest BCUT2D eigenvalue weighted by Crippen LogP contribution is 2.24. The van der Waals surface area contributed by atoms with Crippen LogP contribution in [-0.2, 0) is 32.2 Å². The molecule has 10 nitrogen and oxygen atoms in total. The summed E-state index contributed by atoms with van der Waals surface area (Å²) >= 11 is 0. The molecule has 40 heavy (non-hydrogen) atoms. The van der Waals surface area contributed by atoms with Crippen molar-refractivity contribution < 1.29 is 28.5 Å². The Morgan fingerprint density at radius 3 is 1.45 bits per heavy atom. The molecule has 0 amide bonds. The van der Waals surface area contributed by atoms with E-state index in [0.29, 0.717) is 13.1 Å². The molecule has 10 heteroatoms. The molecule has 0 fully saturated rings. The quantitative estimate of drug-likeness (QED) is 0.150. The summed E-state index contributed by atoms with van der Waals surface area (Å²) in [6.45, 7) is 0.818. The van der Waals surface area contributed by atoms with Crippen molar-refractivity contribution in [1.29, 1.82) is 0 Å². The number of hydrogen-bond acceptors (Lipinski definition) is 8. The number of hydrogen-bond donors (Lipinski definition) is 0. The van der Waals surface area contributed by atoms with Gasteiger partial charge in [-0.25, -0.2) is 9.59 Å². The molecule has 0 aliphatic carbocycles. The minimum Gasteiger partial charge on any atom is -0.497 e. The van der Waals surface area contributed by atoms with Crippen molar-refractivity contribution >= 4 is 33.7 Å². The Hall–Kier alpha value is -4.28. The zero-order valence-corrected chi connectivity index (χ0v) is 23.7. The van der Waals surface area contributed by atoms with Gasteiger partial charge in [-0.15, -0.1) is 0 Å². The van der Waals surface area contributed by atoms with E-state index in [9.17, 15) is 9.59 Å². The van der Waals surface area contributed by atoms with Gasteiger partial charge in [-0.2, -0.15) is 0 Å². The van der Waals surface area contributed by atoms with Crippen LogP contribution in [0.4, 0.5) is 0 Å². The van der Waals surface area contributed by atoms with Crippen molar-refractivity contribution in [3.05, 3.63) is 73.1 Å². The van der Waals surface area contributed by atoms with Gasteiger partial charge in [0, 0.05) is 46.4 Å². The van der Waals surface area contributed by atoms with Crippen LogP contribution in [0.5, 0.6) is 11.5 Å². The van der Waals surface area contributed by atoms with Gasteiger partial charge in [0.25, 0.3) is 0 Å².